The van der Waals surface area contributed by atoms with E-state index in [0.29, 0.717) is 21.8 Å². The minimum Gasteiger partial charge on any atom is -0.490 e. The van der Waals surface area contributed by atoms with Crippen molar-refractivity contribution in [1.82, 2.24) is 4.98 Å². The van der Waals surface area contributed by atoms with Crippen molar-refractivity contribution in [3.63, 3.8) is 0 Å². The van der Waals surface area contributed by atoms with Gasteiger partial charge < -0.3 is 9.72 Å². The number of nitrogens with one attached hydrogen (secondary N) is 1. The number of H-pyrrole nitrogens is 1. The maximum absolute atomic E-state index is 12.4. The number of para-hydroxylation sites is 1. The van der Waals surface area contributed by atoms with Crippen molar-refractivity contribution in [2.75, 3.05) is 7.11 Å². The van der Waals surface area contributed by atoms with Gasteiger partial charge in [0.25, 0.3) is 0 Å². The van der Waals surface area contributed by atoms with E-state index in [9.17, 15) is 14.9 Å². The molecule has 1 heterocycles. The molecule has 0 aliphatic carbocycles. The zero-order chi connectivity index (χ0) is 14.3. The van der Waals surface area contributed by atoms with E-state index in [1.165, 1.54) is 19.2 Å². The fraction of sp³-hybridized carbons (Fsp3) is 0.0714. The molecule has 1 aromatic heterocycles. The topological polar surface area (TPSA) is 85.2 Å². The van der Waals surface area contributed by atoms with Crippen LogP contribution in [-0.2, 0) is 0 Å². The molecule has 6 nitrogen and oxygen atoms in total. The van der Waals surface area contributed by atoms with Gasteiger partial charge in [0, 0.05) is 23.0 Å². The van der Waals surface area contributed by atoms with Crippen LogP contribution in [0.4, 0.5) is 5.69 Å². The number of aromatic amines is 1. The van der Waals surface area contributed by atoms with E-state index < -0.39 is 4.92 Å². The number of methoxy groups -OCH3 is 1. The zero-order valence-corrected chi connectivity index (χ0v) is 10.5. The summed E-state index contributed by atoms with van der Waals surface area (Å²) in [6, 6.07) is 9.75. The Morgan fingerprint density at radius 2 is 1.90 bits per heavy atom. The molecule has 20 heavy (non-hydrogen) atoms. The lowest BCUT2D eigenvalue weighted by Crippen LogP contribution is -2.05. The Bertz CT molecular complexity index is 899. The van der Waals surface area contributed by atoms with Gasteiger partial charge >= 0.3 is 5.69 Å². The van der Waals surface area contributed by atoms with E-state index in [1.54, 1.807) is 24.3 Å². The predicted molar refractivity (Wildman–Crippen MR) is 75.3 cm³/mol. The first-order valence-electron chi connectivity index (χ1n) is 5.89. The van der Waals surface area contributed by atoms with E-state index in [2.05, 4.69) is 4.98 Å². The Kier molecular flexibility index (Phi) is 2.64. The van der Waals surface area contributed by atoms with Gasteiger partial charge in [-0.05, 0) is 12.1 Å². The third kappa shape index (κ3) is 1.70. The number of nitro benzene ring substituents is 1. The first-order valence-corrected chi connectivity index (χ1v) is 5.89. The SMILES string of the molecule is COc1cc2c(=O)c3ccccc3[nH]c2cc1[N+](=O)[O-]. The second-order valence-electron chi connectivity index (χ2n) is 4.33. The number of nitrogens with zero attached hydrogens (tertiary/aromatic N) is 1. The summed E-state index contributed by atoms with van der Waals surface area (Å²) >= 11 is 0. The van der Waals surface area contributed by atoms with Gasteiger partial charge in [0.1, 0.15) is 0 Å². The fourth-order valence-corrected chi connectivity index (χ4v) is 2.25. The Labute approximate surface area is 112 Å². The van der Waals surface area contributed by atoms with Gasteiger partial charge in [0.15, 0.2) is 11.2 Å². The van der Waals surface area contributed by atoms with Gasteiger partial charge in [0.05, 0.1) is 22.9 Å². The van der Waals surface area contributed by atoms with E-state index in [1.807, 2.05) is 0 Å². The molecule has 2 aromatic carbocycles. The Hall–Kier alpha value is -2.89. The number of aromatic nitrogens is 1. The van der Waals surface area contributed by atoms with Crippen LogP contribution in [-0.4, -0.2) is 17.0 Å². The highest BCUT2D eigenvalue weighted by Crippen LogP contribution is 2.30. The van der Waals surface area contributed by atoms with Crippen molar-refractivity contribution in [3.8, 4) is 5.75 Å². The molecular weight excluding hydrogens is 260 g/mol. The Morgan fingerprint density at radius 3 is 2.60 bits per heavy atom. The molecule has 0 aliphatic rings. The molecule has 0 saturated heterocycles. The number of pyridine rings is 1. The standard InChI is InChI=1S/C14H10N2O4/c1-20-13-6-9-11(7-12(13)16(18)19)15-10-5-3-2-4-8(10)14(9)17/h2-7H,1H3,(H,15,17). The van der Waals surface area contributed by atoms with Crippen molar-refractivity contribution in [2.45, 2.75) is 0 Å². The number of nitro groups is 1. The summed E-state index contributed by atoms with van der Waals surface area (Å²) in [4.78, 5) is 25.9. The van der Waals surface area contributed by atoms with Gasteiger partial charge in [-0.3, -0.25) is 14.9 Å². The lowest BCUT2D eigenvalue weighted by atomic mass is 10.1. The van der Waals surface area contributed by atoms with Crippen molar-refractivity contribution < 1.29 is 9.66 Å². The minimum atomic E-state index is -0.536. The third-order valence-corrected chi connectivity index (χ3v) is 3.20. The second-order valence-corrected chi connectivity index (χ2v) is 4.33. The zero-order valence-electron chi connectivity index (χ0n) is 10.5. The average Bonchev–Trinajstić information content (AvgIpc) is 2.46. The molecule has 0 aliphatic heterocycles. The Morgan fingerprint density at radius 1 is 1.15 bits per heavy atom. The molecule has 3 rings (SSSR count). The van der Waals surface area contributed by atoms with Gasteiger partial charge in [-0.2, -0.15) is 0 Å². The van der Waals surface area contributed by atoms with E-state index in [-0.39, 0.29) is 16.9 Å². The van der Waals surface area contributed by atoms with Crippen LogP contribution in [0.5, 0.6) is 5.75 Å². The second kappa shape index (κ2) is 4.34. The van der Waals surface area contributed by atoms with Gasteiger partial charge in [-0.1, -0.05) is 12.1 Å². The Balaban J connectivity index is 2.49. The molecule has 0 bridgehead atoms. The van der Waals surface area contributed by atoms with E-state index >= 15 is 0 Å². The first-order chi connectivity index (χ1) is 9.61. The quantitative estimate of drug-likeness (QED) is 0.440. The summed E-state index contributed by atoms with van der Waals surface area (Å²) in [5.41, 5.74) is 0.708. The molecule has 0 atom stereocenters. The molecule has 0 radical (unpaired) electrons. The number of hydrogen-bond donors (Lipinski definition) is 1. The summed E-state index contributed by atoms with van der Waals surface area (Å²) in [6.07, 6.45) is 0. The van der Waals surface area contributed by atoms with Crippen molar-refractivity contribution in [2.24, 2.45) is 0 Å². The lowest BCUT2D eigenvalue weighted by Gasteiger charge is -2.06. The van der Waals surface area contributed by atoms with Gasteiger partial charge in [-0.25, -0.2) is 0 Å². The monoisotopic (exact) mass is 270 g/mol. The first kappa shape index (κ1) is 12.2. The van der Waals surface area contributed by atoms with Crippen molar-refractivity contribution in [3.05, 3.63) is 56.7 Å². The summed E-state index contributed by atoms with van der Waals surface area (Å²) in [5, 5.41) is 11.9. The van der Waals surface area contributed by atoms with Crippen LogP contribution in [0.1, 0.15) is 0 Å². The van der Waals surface area contributed by atoms with Crippen LogP contribution in [0.25, 0.3) is 21.8 Å². The van der Waals surface area contributed by atoms with Crippen LogP contribution in [0, 0.1) is 10.1 Å². The molecule has 100 valence electrons. The van der Waals surface area contributed by atoms with Crippen LogP contribution in [0.2, 0.25) is 0 Å². The highest BCUT2D eigenvalue weighted by Gasteiger charge is 2.18. The average molecular weight is 270 g/mol. The molecule has 0 saturated carbocycles. The minimum absolute atomic E-state index is 0.0725. The number of rotatable bonds is 2. The molecule has 0 spiro atoms. The lowest BCUT2D eigenvalue weighted by molar-refractivity contribution is -0.385. The molecule has 0 amide bonds. The highest BCUT2D eigenvalue weighted by molar-refractivity contribution is 5.94. The largest absolute Gasteiger partial charge is 0.490 e. The molecule has 0 fully saturated rings. The predicted octanol–water partition coefficient (Wildman–Crippen LogP) is 2.60. The molecule has 6 heteroatoms. The molecule has 1 N–H and O–H groups in total. The van der Waals surface area contributed by atoms with Crippen molar-refractivity contribution >= 4 is 27.5 Å². The maximum atomic E-state index is 12.4. The smallest absolute Gasteiger partial charge is 0.313 e. The molecule has 0 unspecified atom stereocenters. The van der Waals surface area contributed by atoms with Crippen molar-refractivity contribution in [1.29, 1.82) is 0 Å². The van der Waals surface area contributed by atoms with E-state index in [4.69, 9.17) is 4.74 Å². The fourth-order valence-electron chi connectivity index (χ4n) is 2.25. The molecule has 3 aromatic rings. The summed E-state index contributed by atoms with van der Waals surface area (Å²) < 4.78 is 4.99. The summed E-state index contributed by atoms with van der Waals surface area (Å²) in [5.74, 6) is 0.0725. The third-order valence-electron chi connectivity index (χ3n) is 3.20. The number of benzene rings is 2. The van der Waals surface area contributed by atoms with Crippen LogP contribution < -0.4 is 10.2 Å². The van der Waals surface area contributed by atoms with Crippen LogP contribution in [0.3, 0.4) is 0 Å². The summed E-state index contributed by atoms with van der Waals surface area (Å²) in [7, 11) is 1.34. The van der Waals surface area contributed by atoms with Crippen LogP contribution >= 0.6 is 0 Å². The number of fused-ring (bicyclic) bond motifs is 2. The number of hydrogen-bond acceptors (Lipinski definition) is 4. The highest BCUT2D eigenvalue weighted by atomic mass is 16.6. The van der Waals surface area contributed by atoms with Gasteiger partial charge in [-0.15, -0.1) is 0 Å². The maximum Gasteiger partial charge on any atom is 0.313 e. The summed E-state index contributed by atoms with van der Waals surface area (Å²) in [6.45, 7) is 0. The van der Waals surface area contributed by atoms with Crippen LogP contribution in [0.15, 0.2) is 41.2 Å². The van der Waals surface area contributed by atoms with Gasteiger partial charge in [0.2, 0.25) is 0 Å². The number of ether oxygens (including phenoxy) is 1. The normalized spacial score (nSPS) is 10.8. The van der Waals surface area contributed by atoms with E-state index in [0.717, 1.165) is 0 Å². The molecular formula is C14H10N2O4.